The van der Waals surface area contributed by atoms with Crippen molar-refractivity contribution in [2.75, 3.05) is 26.2 Å². The molecule has 1 unspecified atom stereocenters. The molecule has 64 heavy (non-hydrogen) atoms. The van der Waals surface area contributed by atoms with Crippen molar-refractivity contribution in [1.29, 1.82) is 0 Å². The number of hydrogen-bond donors (Lipinski definition) is 3. The van der Waals surface area contributed by atoms with E-state index in [1.54, 1.807) is 36.4 Å². The number of ketones is 1. The smallest absolute Gasteiger partial charge is 0.287 e. The quantitative estimate of drug-likeness (QED) is 0.198. The van der Waals surface area contributed by atoms with E-state index < -0.39 is 32.1 Å². The number of aryl methyl sites for hydroxylation is 2. The van der Waals surface area contributed by atoms with E-state index in [2.05, 4.69) is 10.6 Å². The molecular formula is C50H70N4O8S2. The molecule has 2 saturated heterocycles. The van der Waals surface area contributed by atoms with Crippen LogP contribution in [-0.4, -0.2) is 92.5 Å². The van der Waals surface area contributed by atoms with Gasteiger partial charge in [0.2, 0.25) is 31.7 Å². The van der Waals surface area contributed by atoms with Crippen LogP contribution in [0.25, 0.3) is 0 Å². The monoisotopic (exact) mass is 918 g/mol. The van der Waals surface area contributed by atoms with E-state index in [1.165, 1.54) is 66.4 Å². The lowest BCUT2D eigenvalue weighted by atomic mass is 9.48. The van der Waals surface area contributed by atoms with Crippen molar-refractivity contribution in [2.24, 2.45) is 46.3 Å². The fourth-order valence-corrected chi connectivity index (χ4v) is 17.7. The van der Waals surface area contributed by atoms with Crippen LogP contribution in [0, 0.1) is 60.2 Å². The number of aliphatic hydroxyl groups excluding tert-OH is 1. The molecule has 2 amide bonds. The molecule has 0 spiro atoms. The van der Waals surface area contributed by atoms with Crippen LogP contribution in [0.1, 0.15) is 127 Å². The molecule has 10 aliphatic rings. The number of hydrogen-bond acceptors (Lipinski definition) is 8. The van der Waals surface area contributed by atoms with Crippen LogP contribution in [-0.2, 0) is 34.4 Å². The molecule has 8 bridgehead atoms. The molecule has 350 valence electrons. The summed E-state index contributed by atoms with van der Waals surface area (Å²) in [5.41, 5.74) is 2.27. The number of Topliss-reactive ketones (excluding diaryl/α,β-unsaturated/α-hetero) is 1. The van der Waals surface area contributed by atoms with Gasteiger partial charge in [-0.25, -0.2) is 16.8 Å². The van der Waals surface area contributed by atoms with Crippen molar-refractivity contribution in [1.82, 2.24) is 19.2 Å². The van der Waals surface area contributed by atoms with Crippen LogP contribution in [0.3, 0.4) is 0 Å². The molecule has 2 aromatic rings. The maximum atomic E-state index is 12.9. The second-order valence-electron chi connectivity index (χ2n) is 22.1. The third-order valence-electron chi connectivity index (χ3n) is 17.0. The molecule has 12 nitrogen and oxygen atoms in total. The number of nitrogens with zero attached hydrogens (tertiary/aromatic N) is 2. The Morgan fingerprint density at radius 3 is 1.30 bits per heavy atom. The second kappa shape index (κ2) is 18.1. The predicted molar refractivity (Wildman–Crippen MR) is 244 cm³/mol. The summed E-state index contributed by atoms with van der Waals surface area (Å²) in [6.07, 6.45) is 17.1. The predicted octanol–water partition coefficient (Wildman–Crippen LogP) is 6.67. The van der Waals surface area contributed by atoms with Crippen molar-refractivity contribution >= 4 is 37.6 Å². The molecule has 2 heterocycles. The van der Waals surface area contributed by atoms with Crippen molar-refractivity contribution < 1.29 is 36.3 Å². The summed E-state index contributed by atoms with van der Waals surface area (Å²) in [7, 11) is -7.03. The van der Waals surface area contributed by atoms with Gasteiger partial charge in [-0.15, -0.1) is 0 Å². The molecule has 1 atom stereocenters. The molecule has 8 aliphatic carbocycles. The minimum absolute atomic E-state index is 0.0641. The minimum Gasteiger partial charge on any atom is -0.383 e. The average Bonchev–Trinajstić information content (AvgIpc) is 3.23. The van der Waals surface area contributed by atoms with Gasteiger partial charge in [-0.05, 0) is 194 Å². The Kier molecular flexibility index (Phi) is 13.0. The Hall–Kier alpha value is -3.17. The van der Waals surface area contributed by atoms with Crippen LogP contribution in [0.5, 0.6) is 0 Å². The van der Waals surface area contributed by atoms with Gasteiger partial charge in [0, 0.05) is 44.7 Å². The van der Waals surface area contributed by atoms with E-state index in [4.69, 9.17) is 0 Å². The van der Waals surface area contributed by atoms with Gasteiger partial charge in [-0.3, -0.25) is 14.4 Å². The summed E-state index contributed by atoms with van der Waals surface area (Å²) in [5.74, 6) is 3.66. The zero-order valence-electron chi connectivity index (χ0n) is 37.9. The first-order valence-corrected chi connectivity index (χ1v) is 27.3. The van der Waals surface area contributed by atoms with Crippen LogP contribution in [0.4, 0.5) is 0 Å². The largest absolute Gasteiger partial charge is 0.383 e. The van der Waals surface area contributed by atoms with Crippen LogP contribution >= 0.6 is 0 Å². The Morgan fingerprint density at radius 1 is 0.578 bits per heavy atom. The molecule has 3 N–H and O–H groups in total. The highest BCUT2D eigenvalue weighted by Gasteiger charge is 2.53. The van der Waals surface area contributed by atoms with Crippen molar-refractivity contribution in [3.05, 3.63) is 59.7 Å². The first-order valence-electron chi connectivity index (χ1n) is 24.4. The second-order valence-corrected chi connectivity index (χ2v) is 26.0. The Labute approximate surface area is 381 Å². The fraction of sp³-hybridized carbons (Fsp3) is 0.700. The molecule has 8 saturated carbocycles. The maximum absolute atomic E-state index is 12.9. The topological polar surface area (TPSA) is 170 Å². The highest BCUT2D eigenvalue weighted by molar-refractivity contribution is 7.89. The van der Waals surface area contributed by atoms with Gasteiger partial charge in [0.1, 0.15) is 6.10 Å². The first-order chi connectivity index (χ1) is 30.4. The third-order valence-corrected chi connectivity index (χ3v) is 20.8. The highest BCUT2D eigenvalue weighted by atomic mass is 32.2. The number of nitrogens with one attached hydrogen (secondary N) is 2. The summed E-state index contributed by atoms with van der Waals surface area (Å²) in [4.78, 5) is 38.9. The molecule has 0 aromatic heterocycles. The van der Waals surface area contributed by atoms with Crippen molar-refractivity contribution in [3.63, 3.8) is 0 Å². The summed E-state index contributed by atoms with van der Waals surface area (Å²) in [5, 5.41) is 16.7. The number of aliphatic hydroxyl groups is 1. The highest BCUT2D eigenvalue weighted by Crippen LogP contribution is 2.62. The lowest BCUT2D eigenvalue weighted by Gasteiger charge is -2.57. The molecule has 10 fully saturated rings. The number of rotatable bonds is 12. The Balaban J connectivity index is 0.000000162. The summed E-state index contributed by atoms with van der Waals surface area (Å²) in [6, 6.07) is 13.6. The Bertz CT molecular complexity index is 2190. The van der Waals surface area contributed by atoms with Crippen LogP contribution < -0.4 is 10.6 Å². The van der Waals surface area contributed by atoms with Crippen molar-refractivity contribution in [2.45, 2.75) is 157 Å². The molecule has 12 rings (SSSR count). The standard InChI is InChI=1S/C25H36N2O4S.C25H34N2O4S/c2*1-17-2-4-22(5-3-17)32(30,31)27-8-6-21(7-9-27)26-24(29)23(28)16-25-13-18-10-19(14-25)12-20(11-18)15-25/h2-5,18-21,23,28H,6-16H2,1H3,(H,26,29);2-5,18-21H,6-16H2,1H3,(H,26,29). The maximum Gasteiger partial charge on any atom is 0.287 e. The number of carbonyl (C=O) groups excluding carboxylic acids is 3. The van der Waals surface area contributed by atoms with E-state index in [0.29, 0.717) is 74.5 Å². The SMILES string of the molecule is Cc1ccc(S(=O)(=O)N2CCC(NC(=O)C(=O)CC34CC5CC(CC(C5)C3)C4)CC2)cc1.Cc1ccc(S(=O)(=O)N2CCC(NC(=O)C(O)CC34CC5CC(CC(C5)C3)C4)CC2)cc1. The molecule has 0 radical (unpaired) electrons. The molecule has 14 heteroatoms. The zero-order chi connectivity index (χ0) is 45.0. The lowest BCUT2D eigenvalue weighted by molar-refractivity contribution is -0.143. The van der Waals surface area contributed by atoms with Crippen LogP contribution in [0.2, 0.25) is 0 Å². The first kappa shape index (κ1) is 46.0. The number of benzene rings is 2. The minimum atomic E-state index is -3.52. The normalized spacial score (nSPS) is 33.3. The summed E-state index contributed by atoms with van der Waals surface area (Å²) >= 11 is 0. The number of carbonyl (C=O) groups is 3. The van der Waals surface area contributed by atoms with Gasteiger partial charge >= 0.3 is 0 Å². The number of piperidine rings is 2. The van der Waals surface area contributed by atoms with E-state index in [9.17, 15) is 36.3 Å². The van der Waals surface area contributed by atoms with E-state index in [0.717, 1.165) is 65.9 Å². The fourth-order valence-electron chi connectivity index (χ4n) is 14.7. The van der Waals surface area contributed by atoms with E-state index in [-0.39, 0.29) is 34.6 Å². The average molecular weight is 919 g/mol. The third kappa shape index (κ3) is 9.92. The van der Waals surface area contributed by atoms with Crippen molar-refractivity contribution in [3.8, 4) is 0 Å². The summed E-state index contributed by atoms with van der Waals surface area (Å²) < 4.78 is 54.5. The van der Waals surface area contributed by atoms with Gasteiger partial charge in [0.15, 0.2) is 0 Å². The molecule has 2 aromatic carbocycles. The van der Waals surface area contributed by atoms with Gasteiger partial charge in [0.25, 0.3) is 5.91 Å². The number of amides is 2. The van der Waals surface area contributed by atoms with E-state index >= 15 is 0 Å². The number of sulfonamides is 2. The molecule has 2 aliphatic heterocycles. The molecular weight excluding hydrogens is 849 g/mol. The lowest BCUT2D eigenvalue weighted by Crippen LogP contribution is -2.51. The summed E-state index contributed by atoms with van der Waals surface area (Å²) in [6.45, 7) is 5.32. The van der Waals surface area contributed by atoms with Gasteiger partial charge in [0.05, 0.1) is 9.79 Å². The van der Waals surface area contributed by atoms with Crippen LogP contribution in [0.15, 0.2) is 58.3 Å². The van der Waals surface area contributed by atoms with Gasteiger partial charge in [-0.1, -0.05) is 35.4 Å². The Morgan fingerprint density at radius 2 is 0.922 bits per heavy atom. The van der Waals surface area contributed by atoms with E-state index in [1.807, 2.05) is 26.0 Å². The zero-order valence-corrected chi connectivity index (χ0v) is 39.5. The van der Waals surface area contributed by atoms with Gasteiger partial charge < -0.3 is 15.7 Å². The van der Waals surface area contributed by atoms with Gasteiger partial charge in [-0.2, -0.15) is 8.61 Å².